The highest BCUT2D eigenvalue weighted by Crippen LogP contribution is 2.61. The quantitative estimate of drug-likeness (QED) is 0.238. The van der Waals surface area contributed by atoms with Crippen LogP contribution in [0.4, 0.5) is 17.5 Å². The molecule has 0 bridgehead atoms. The van der Waals surface area contributed by atoms with Gasteiger partial charge in [-0.05, 0) is 51.7 Å². The van der Waals surface area contributed by atoms with Crippen LogP contribution in [0.5, 0.6) is 0 Å². The summed E-state index contributed by atoms with van der Waals surface area (Å²) in [5.41, 5.74) is 7.66. The van der Waals surface area contributed by atoms with E-state index in [9.17, 15) is 24.0 Å². The Balaban J connectivity index is 1.66. The standard InChI is InChI=1S/C21H31N7O5P2/c1-12(2)28-11-23-17-18(26-20(27-19(17)28)25-16-9-5-14(22)6-10-16)24-15-7-3-13(4-8-15)21(29,34-30)35(31,32)33/h3-4,7-8,11-12,14,16,29H,5-6,9-10,22,34H2,1-2H3,(H2,31,32,33)(H2,24,25,26,27). The summed E-state index contributed by atoms with van der Waals surface area (Å²) in [6.45, 7) is 4.07. The van der Waals surface area contributed by atoms with Gasteiger partial charge in [0.1, 0.15) is 8.46 Å². The van der Waals surface area contributed by atoms with Gasteiger partial charge in [-0.3, -0.25) is 4.57 Å². The minimum absolute atomic E-state index is 0.127. The van der Waals surface area contributed by atoms with Gasteiger partial charge in [0.2, 0.25) is 11.0 Å². The first-order chi connectivity index (χ1) is 16.5. The number of aliphatic hydroxyl groups is 1. The molecule has 1 aromatic carbocycles. The molecule has 4 rings (SSSR count). The van der Waals surface area contributed by atoms with E-state index in [-0.39, 0.29) is 23.7 Å². The van der Waals surface area contributed by atoms with Crippen molar-refractivity contribution in [3.05, 3.63) is 36.2 Å². The molecule has 0 spiro atoms. The number of imidazole rings is 1. The highest BCUT2D eigenvalue weighted by atomic mass is 31.2. The minimum atomic E-state index is -5.05. The molecule has 0 amide bonds. The molecule has 1 aliphatic rings. The van der Waals surface area contributed by atoms with Crippen molar-refractivity contribution in [3.8, 4) is 0 Å². The molecule has 0 saturated heterocycles. The van der Waals surface area contributed by atoms with Gasteiger partial charge in [-0.1, -0.05) is 12.1 Å². The van der Waals surface area contributed by atoms with E-state index in [1.165, 1.54) is 24.3 Å². The lowest BCUT2D eigenvalue weighted by molar-refractivity contribution is 0.168. The summed E-state index contributed by atoms with van der Waals surface area (Å²) in [6.07, 6.45) is 5.44. The first kappa shape index (κ1) is 25.8. The number of benzene rings is 1. The molecule has 2 unspecified atom stereocenters. The second-order valence-electron chi connectivity index (χ2n) is 9.16. The minimum Gasteiger partial charge on any atom is -0.368 e. The van der Waals surface area contributed by atoms with Crippen molar-refractivity contribution in [2.24, 2.45) is 5.73 Å². The molecule has 14 heteroatoms. The highest BCUT2D eigenvalue weighted by molar-refractivity contribution is 7.62. The third kappa shape index (κ3) is 5.28. The summed E-state index contributed by atoms with van der Waals surface area (Å²) in [5, 5.41) is 14.2. The van der Waals surface area contributed by atoms with E-state index in [4.69, 9.17) is 10.7 Å². The van der Waals surface area contributed by atoms with Crippen LogP contribution in [0.15, 0.2) is 30.6 Å². The summed E-state index contributed by atoms with van der Waals surface area (Å²) < 4.78 is 25.1. The Morgan fingerprint density at radius 2 is 1.83 bits per heavy atom. The van der Waals surface area contributed by atoms with Crippen LogP contribution >= 0.6 is 16.1 Å². The molecule has 190 valence electrons. The summed E-state index contributed by atoms with van der Waals surface area (Å²) in [5.74, 6) is 0.919. The lowest BCUT2D eigenvalue weighted by Crippen LogP contribution is -2.33. The summed E-state index contributed by atoms with van der Waals surface area (Å²) in [6, 6.07) is 6.26. The highest BCUT2D eigenvalue weighted by Gasteiger charge is 2.46. The zero-order valence-corrected chi connectivity index (χ0v) is 21.5. The zero-order valence-electron chi connectivity index (χ0n) is 19.5. The Hall–Kier alpha value is -2.33. The molecule has 1 aliphatic carbocycles. The maximum atomic E-state index is 11.7. The fraction of sp³-hybridized carbons (Fsp3) is 0.476. The molecular weight excluding hydrogens is 492 g/mol. The summed E-state index contributed by atoms with van der Waals surface area (Å²) in [7, 11) is -7.23. The van der Waals surface area contributed by atoms with Crippen LogP contribution in [0, 0.1) is 0 Å². The van der Waals surface area contributed by atoms with Crippen molar-refractivity contribution in [1.82, 2.24) is 19.5 Å². The van der Waals surface area contributed by atoms with Crippen molar-refractivity contribution in [2.45, 2.75) is 62.7 Å². The van der Waals surface area contributed by atoms with Gasteiger partial charge in [-0.2, -0.15) is 9.97 Å². The molecule has 0 radical (unpaired) electrons. The summed E-state index contributed by atoms with van der Waals surface area (Å²) >= 11 is 0. The fourth-order valence-corrected chi connectivity index (χ4v) is 5.50. The van der Waals surface area contributed by atoms with Crippen LogP contribution < -0.4 is 16.4 Å². The average molecular weight is 523 g/mol. The predicted molar refractivity (Wildman–Crippen MR) is 136 cm³/mol. The number of nitrogens with one attached hydrogen (secondary N) is 2. The van der Waals surface area contributed by atoms with Gasteiger partial charge in [0.15, 0.2) is 17.0 Å². The maximum Gasteiger partial charge on any atom is 0.368 e. The molecule has 7 N–H and O–H groups in total. The number of hydrogen-bond acceptors (Lipinski definition) is 9. The molecule has 1 fully saturated rings. The number of anilines is 3. The molecule has 2 heterocycles. The molecule has 12 nitrogen and oxygen atoms in total. The first-order valence-corrected chi connectivity index (χ1v) is 14.1. The Kier molecular flexibility index (Phi) is 7.33. The predicted octanol–water partition coefficient (Wildman–Crippen LogP) is 2.87. The van der Waals surface area contributed by atoms with E-state index in [1.807, 2.05) is 18.4 Å². The van der Waals surface area contributed by atoms with E-state index in [2.05, 4.69) is 20.6 Å². The Bertz CT molecular complexity index is 1250. The lowest BCUT2D eigenvalue weighted by Gasteiger charge is -2.27. The van der Waals surface area contributed by atoms with Crippen LogP contribution in [0.3, 0.4) is 0 Å². The normalized spacial score (nSPS) is 21.0. The number of hydrogen-bond donors (Lipinski definition) is 6. The SMILES string of the molecule is CC(C)n1cnc2c(Nc3ccc(C(O)([PH2]=O)P(=O)(O)O)cc3)nc(NC3CCC(N)CC3)nc21. The van der Waals surface area contributed by atoms with Gasteiger partial charge in [0.25, 0.3) is 0 Å². The van der Waals surface area contributed by atoms with Crippen LogP contribution in [0.25, 0.3) is 11.2 Å². The number of nitrogens with zero attached hydrogens (tertiary/aromatic N) is 4. The number of rotatable bonds is 8. The second kappa shape index (κ2) is 9.97. The number of aromatic nitrogens is 4. The number of fused-ring (bicyclic) bond motifs is 1. The van der Waals surface area contributed by atoms with E-state index < -0.39 is 21.1 Å². The third-order valence-corrected chi connectivity index (χ3v) is 9.40. The van der Waals surface area contributed by atoms with Gasteiger partial charge < -0.3 is 40.4 Å². The molecule has 35 heavy (non-hydrogen) atoms. The fourth-order valence-electron chi connectivity index (χ4n) is 4.13. The first-order valence-electron chi connectivity index (χ1n) is 11.4. The van der Waals surface area contributed by atoms with E-state index in [0.29, 0.717) is 28.6 Å². The Morgan fingerprint density at radius 1 is 1.17 bits per heavy atom. The number of nitrogens with two attached hydrogens (primary N) is 1. The van der Waals surface area contributed by atoms with Gasteiger partial charge in [0.05, 0.1) is 6.33 Å². The monoisotopic (exact) mass is 523 g/mol. The van der Waals surface area contributed by atoms with E-state index in [0.717, 1.165) is 25.7 Å². The summed E-state index contributed by atoms with van der Waals surface area (Å²) in [4.78, 5) is 32.8. The van der Waals surface area contributed by atoms with Gasteiger partial charge in [0, 0.05) is 29.4 Å². The van der Waals surface area contributed by atoms with Crippen LogP contribution in [-0.2, 0) is 14.2 Å². The maximum absolute atomic E-state index is 11.7. The van der Waals surface area contributed by atoms with Crippen molar-refractivity contribution in [3.63, 3.8) is 0 Å². The molecule has 1 saturated carbocycles. The smallest absolute Gasteiger partial charge is 0.368 e. The van der Waals surface area contributed by atoms with Crippen LogP contribution in [0.2, 0.25) is 0 Å². The van der Waals surface area contributed by atoms with Crippen LogP contribution in [-0.4, -0.2) is 46.5 Å². The molecule has 0 aliphatic heterocycles. The van der Waals surface area contributed by atoms with Crippen molar-refractivity contribution >= 4 is 44.7 Å². The zero-order chi connectivity index (χ0) is 25.4. The van der Waals surface area contributed by atoms with E-state index in [1.54, 1.807) is 6.33 Å². The van der Waals surface area contributed by atoms with Gasteiger partial charge >= 0.3 is 7.60 Å². The van der Waals surface area contributed by atoms with Crippen molar-refractivity contribution in [2.75, 3.05) is 10.6 Å². The second-order valence-corrected chi connectivity index (χ2v) is 12.5. The van der Waals surface area contributed by atoms with Crippen LogP contribution in [0.1, 0.15) is 51.1 Å². The van der Waals surface area contributed by atoms with Crippen molar-refractivity contribution in [1.29, 1.82) is 0 Å². The molecular formula is C21H31N7O5P2. The third-order valence-electron chi connectivity index (χ3n) is 6.26. The Labute approximate surface area is 203 Å². The van der Waals surface area contributed by atoms with Gasteiger partial charge in [-0.15, -0.1) is 0 Å². The van der Waals surface area contributed by atoms with Gasteiger partial charge in [-0.25, -0.2) is 4.98 Å². The lowest BCUT2D eigenvalue weighted by atomic mass is 9.92. The molecule has 2 atom stereocenters. The largest absolute Gasteiger partial charge is 0.368 e. The van der Waals surface area contributed by atoms with E-state index >= 15 is 0 Å². The molecule has 2 aromatic heterocycles. The topological polar surface area (TPSA) is 189 Å². The van der Waals surface area contributed by atoms with Crippen molar-refractivity contribution < 1.29 is 24.0 Å². The molecule has 3 aromatic rings. The Morgan fingerprint density at radius 3 is 2.40 bits per heavy atom. The average Bonchev–Trinajstić information content (AvgIpc) is 3.24.